The van der Waals surface area contributed by atoms with Crippen LogP contribution in [-0.4, -0.2) is 61.2 Å². The number of hydrogen-bond donors (Lipinski definition) is 0. The molecule has 2 unspecified atom stereocenters. The van der Waals surface area contributed by atoms with Crippen LogP contribution in [0, 0.1) is 0 Å². The van der Waals surface area contributed by atoms with Crippen LogP contribution in [0.3, 0.4) is 0 Å². The van der Waals surface area contributed by atoms with Gasteiger partial charge in [0, 0.05) is 7.11 Å². The molecule has 1 aromatic rings. The van der Waals surface area contributed by atoms with Crippen LogP contribution in [0.15, 0.2) is 34.5 Å². The zero-order chi connectivity index (χ0) is 24.7. The Bertz CT molecular complexity index is 961. The number of rotatable bonds is 12. The van der Waals surface area contributed by atoms with Gasteiger partial charge in [-0.2, -0.15) is 0 Å². The van der Waals surface area contributed by atoms with Gasteiger partial charge in [0.2, 0.25) is 5.91 Å². The second-order valence-electron chi connectivity index (χ2n) is 8.11. The maximum absolute atomic E-state index is 13.3. The summed E-state index contributed by atoms with van der Waals surface area (Å²) in [6, 6.07) is 4.87. The number of amidine groups is 1. The van der Waals surface area contributed by atoms with Crippen molar-refractivity contribution < 1.29 is 28.5 Å². The highest BCUT2D eigenvalue weighted by Crippen LogP contribution is 2.45. The summed E-state index contributed by atoms with van der Waals surface area (Å²) >= 11 is 1.43. The van der Waals surface area contributed by atoms with Crippen LogP contribution in [0.2, 0.25) is 0 Å². The van der Waals surface area contributed by atoms with Gasteiger partial charge in [0.05, 0.1) is 42.9 Å². The number of amides is 1. The summed E-state index contributed by atoms with van der Waals surface area (Å²) in [6.07, 6.45) is 3.84. The van der Waals surface area contributed by atoms with E-state index >= 15 is 0 Å². The quantitative estimate of drug-likeness (QED) is 0.315. The summed E-state index contributed by atoms with van der Waals surface area (Å²) in [6.45, 7) is 6.88. The lowest BCUT2D eigenvalue weighted by Crippen LogP contribution is -2.41. The topological polar surface area (TPSA) is 86.7 Å². The smallest absolute Gasteiger partial charge is 0.338 e. The number of methoxy groups -OCH3 is 2. The lowest BCUT2D eigenvalue weighted by molar-refractivity contribution is -0.141. The standard InChI is InChI=1S/C25H34N2O6S/c1-6-8-9-12-32-18-11-10-17(15-19(18)31-5)22-21(24(29)33-14-13-30-4)16(3)26-25-27(22)23(28)20(7-2)34-25/h10-11,15,20,22H,6-9,12-14H2,1-5H3. The SMILES string of the molecule is CCCCCOc1ccc(C2C(C(=O)OCCOC)=C(C)N=C3SC(CC)C(=O)N32)cc1OC. The maximum atomic E-state index is 13.3. The molecule has 1 fully saturated rings. The van der Waals surface area contributed by atoms with E-state index in [9.17, 15) is 9.59 Å². The molecule has 2 heterocycles. The molecule has 1 saturated heterocycles. The van der Waals surface area contributed by atoms with E-state index < -0.39 is 12.0 Å². The molecule has 186 valence electrons. The third kappa shape index (κ3) is 5.58. The first-order chi connectivity index (χ1) is 16.5. The number of aliphatic imine (C=N–C) groups is 1. The van der Waals surface area contributed by atoms with Crippen LogP contribution in [-0.2, 0) is 19.1 Å². The number of thioether (sulfide) groups is 1. The molecule has 9 heteroatoms. The number of fused-ring (bicyclic) bond motifs is 1. The predicted molar refractivity (Wildman–Crippen MR) is 132 cm³/mol. The molecule has 8 nitrogen and oxygen atoms in total. The molecule has 2 atom stereocenters. The molecular formula is C25H34N2O6S. The van der Waals surface area contributed by atoms with Crippen LogP contribution >= 0.6 is 11.8 Å². The minimum absolute atomic E-state index is 0.0650. The molecule has 0 bridgehead atoms. The van der Waals surface area contributed by atoms with Crippen LogP contribution in [0.5, 0.6) is 11.5 Å². The Hall–Kier alpha value is -2.52. The van der Waals surface area contributed by atoms with Crippen molar-refractivity contribution in [3.05, 3.63) is 35.0 Å². The molecule has 0 aliphatic carbocycles. The van der Waals surface area contributed by atoms with E-state index in [1.54, 1.807) is 26.0 Å². The highest BCUT2D eigenvalue weighted by molar-refractivity contribution is 8.15. The molecule has 0 radical (unpaired) electrons. The summed E-state index contributed by atoms with van der Waals surface area (Å²) in [5.74, 6) is 0.600. The first-order valence-electron chi connectivity index (χ1n) is 11.7. The molecule has 0 spiro atoms. The van der Waals surface area contributed by atoms with E-state index in [0.29, 0.717) is 41.0 Å². The molecule has 2 aliphatic rings. The van der Waals surface area contributed by atoms with E-state index in [-0.39, 0.29) is 24.4 Å². The third-order valence-electron chi connectivity index (χ3n) is 5.77. The van der Waals surface area contributed by atoms with Gasteiger partial charge in [-0.3, -0.25) is 9.69 Å². The van der Waals surface area contributed by atoms with E-state index in [1.807, 2.05) is 25.1 Å². The molecular weight excluding hydrogens is 456 g/mol. The lowest BCUT2D eigenvalue weighted by Gasteiger charge is -2.33. The maximum Gasteiger partial charge on any atom is 0.338 e. The number of carbonyl (C=O) groups is 2. The summed E-state index contributed by atoms with van der Waals surface area (Å²) in [7, 11) is 3.12. The first-order valence-corrected chi connectivity index (χ1v) is 12.6. The number of ether oxygens (including phenoxy) is 4. The fourth-order valence-corrected chi connectivity index (χ4v) is 5.10. The van der Waals surface area contributed by atoms with E-state index in [0.717, 1.165) is 24.8 Å². The van der Waals surface area contributed by atoms with E-state index in [1.165, 1.54) is 11.8 Å². The molecule has 2 aliphatic heterocycles. The Kier molecular flexibility index (Phi) is 9.41. The monoisotopic (exact) mass is 490 g/mol. The number of unbranched alkanes of at least 4 members (excludes halogenated alkanes) is 2. The van der Waals surface area contributed by atoms with Crippen molar-refractivity contribution >= 4 is 28.8 Å². The minimum Gasteiger partial charge on any atom is -0.493 e. The van der Waals surface area contributed by atoms with E-state index in [4.69, 9.17) is 18.9 Å². The van der Waals surface area contributed by atoms with Crippen LogP contribution in [0.4, 0.5) is 0 Å². The largest absolute Gasteiger partial charge is 0.493 e. The second-order valence-corrected chi connectivity index (χ2v) is 9.28. The highest BCUT2D eigenvalue weighted by atomic mass is 32.2. The summed E-state index contributed by atoms with van der Waals surface area (Å²) in [5, 5.41) is 0.368. The molecule has 0 aromatic heterocycles. The van der Waals surface area contributed by atoms with Crippen LogP contribution in [0.1, 0.15) is 58.1 Å². The second kappa shape index (κ2) is 12.3. The van der Waals surface area contributed by atoms with Crippen LogP contribution in [0.25, 0.3) is 0 Å². The molecule has 0 N–H and O–H groups in total. The van der Waals surface area contributed by atoms with Gasteiger partial charge in [-0.25, -0.2) is 9.79 Å². The Morgan fingerprint density at radius 3 is 2.59 bits per heavy atom. The number of nitrogens with zero attached hydrogens (tertiary/aromatic N) is 2. The Morgan fingerprint density at radius 1 is 1.12 bits per heavy atom. The number of benzene rings is 1. The van der Waals surface area contributed by atoms with Gasteiger partial charge in [0.25, 0.3) is 0 Å². The zero-order valence-electron chi connectivity index (χ0n) is 20.6. The molecule has 1 aromatic carbocycles. The summed E-state index contributed by atoms with van der Waals surface area (Å²) in [5.41, 5.74) is 1.60. The number of esters is 1. The van der Waals surface area contributed by atoms with Crippen LogP contribution < -0.4 is 9.47 Å². The summed E-state index contributed by atoms with van der Waals surface area (Å²) in [4.78, 5) is 32.6. The molecule has 34 heavy (non-hydrogen) atoms. The van der Waals surface area contributed by atoms with Crippen molar-refractivity contribution in [2.24, 2.45) is 4.99 Å². The van der Waals surface area contributed by atoms with Gasteiger partial charge in [-0.05, 0) is 37.5 Å². The molecule has 1 amide bonds. The zero-order valence-corrected chi connectivity index (χ0v) is 21.4. The van der Waals surface area contributed by atoms with Crippen molar-refractivity contribution in [1.29, 1.82) is 0 Å². The first kappa shape index (κ1) is 26.1. The Balaban J connectivity index is 1.99. The fourth-order valence-electron chi connectivity index (χ4n) is 3.97. The summed E-state index contributed by atoms with van der Waals surface area (Å²) < 4.78 is 22.0. The average molecular weight is 491 g/mol. The highest BCUT2D eigenvalue weighted by Gasteiger charge is 2.47. The van der Waals surface area contributed by atoms with Gasteiger partial charge < -0.3 is 18.9 Å². The lowest BCUT2D eigenvalue weighted by atomic mass is 9.93. The third-order valence-corrected chi connectivity index (χ3v) is 7.09. The van der Waals surface area contributed by atoms with Gasteiger partial charge >= 0.3 is 5.97 Å². The average Bonchev–Trinajstić information content (AvgIpc) is 3.15. The van der Waals surface area contributed by atoms with Crippen molar-refractivity contribution in [2.75, 3.05) is 34.0 Å². The normalized spacial score (nSPS) is 19.7. The Labute approximate surface area is 205 Å². The van der Waals surface area contributed by atoms with Crippen molar-refractivity contribution in [2.45, 2.75) is 57.7 Å². The number of hydrogen-bond acceptors (Lipinski definition) is 8. The van der Waals surface area contributed by atoms with Gasteiger partial charge in [-0.1, -0.05) is 44.5 Å². The molecule has 3 rings (SSSR count). The van der Waals surface area contributed by atoms with Gasteiger partial charge in [0.15, 0.2) is 16.7 Å². The Morgan fingerprint density at radius 2 is 1.91 bits per heavy atom. The number of allylic oxidation sites excluding steroid dienone is 1. The number of carbonyl (C=O) groups excluding carboxylic acids is 2. The molecule has 0 saturated carbocycles. The van der Waals surface area contributed by atoms with Crippen molar-refractivity contribution in [1.82, 2.24) is 4.90 Å². The van der Waals surface area contributed by atoms with Crippen molar-refractivity contribution in [3.63, 3.8) is 0 Å². The van der Waals surface area contributed by atoms with E-state index in [2.05, 4.69) is 11.9 Å². The predicted octanol–water partition coefficient (Wildman–Crippen LogP) is 4.49. The minimum atomic E-state index is -0.665. The fraction of sp³-hybridized carbons (Fsp3) is 0.560. The van der Waals surface area contributed by atoms with Gasteiger partial charge in [0.1, 0.15) is 6.61 Å². The van der Waals surface area contributed by atoms with Gasteiger partial charge in [-0.15, -0.1) is 0 Å². The van der Waals surface area contributed by atoms with Crippen molar-refractivity contribution in [3.8, 4) is 11.5 Å².